The van der Waals surface area contributed by atoms with Crippen LogP contribution in [0.3, 0.4) is 0 Å². The fourth-order valence-electron chi connectivity index (χ4n) is 6.87. The second-order valence-corrected chi connectivity index (χ2v) is 12.4. The Balaban J connectivity index is 1.42. The largest absolute Gasteiger partial charge is 0.354 e. The van der Waals surface area contributed by atoms with Crippen molar-refractivity contribution < 1.29 is 4.79 Å². The maximum atomic E-state index is 13.6. The van der Waals surface area contributed by atoms with E-state index in [1.54, 1.807) is 0 Å². The summed E-state index contributed by atoms with van der Waals surface area (Å²) in [5, 5.41) is 3.22. The lowest BCUT2D eigenvalue weighted by molar-refractivity contribution is -0.112. The molecule has 0 unspecified atom stereocenters. The number of nitrogens with one attached hydrogen (secondary N) is 3. The van der Waals surface area contributed by atoms with Crippen molar-refractivity contribution in [2.45, 2.75) is 6.42 Å². The molecule has 3 N–H and O–H groups in total. The Morgan fingerprint density at radius 3 is 1.40 bits per heavy atom. The van der Waals surface area contributed by atoms with Crippen molar-refractivity contribution in [3.8, 4) is 33.4 Å². The number of benzene rings is 3. The number of H-pyrrole nitrogens is 2. The lowest BCUT2D eigenvalue weighted by atomic mass is 10.0. The van der Waals surface area contributed by atoms with Crippen molar-refractivity contribution in [2.75, 3.05) is 5.32 Å². The highest BCUT2D eigenvalue weighted by Gasteiger charge is 2.20. The van der Waals surface area contributed by atoms with E-state index in [0.29, 0.717) is 23.4 Å². The summed E-state index contributed by atoms with van der Waals surface area (Å²) in [6, 6.07) is 39.2. The van der Waals surface area contributed by atoms with Gasteiger partial charge in [0.25, 0.3) is 5.91 Å². The molecule has 238 valence electrons. The van der Waals surface area contributed by atoms with E-state index in [4.69, 9.17) is 9.97 Å². The molecule has 0 saturated heterocycles. The Hall–Kier alpha value is -6.79. The van der Waals surface area contributed by atoms with E-state index in [-0.39, 0.29) is 5.91 Å². The first kappa shape index (κ1) is 29.4. The normalized spacial score (nSPS) is 13.1. The quantitative estimate of drug-likeness (QED) is 0.174. The molecule has 5 heterocycles. The smallest absolute Gasteiger partial charge is 0.252 e. The molecule has 3 aliphatic rings. The number of nitrogens with zero attached hydrogens (tertiary/aromatic N) is 2. The van der Waals surface area contributed by atoms with Gasteiger partial charge in [0.1, 0.15) is 0 Å². The summed E-state index contributed by atoms with van der Waals surface area (Å²) >= 11 is 0. The Kier molecular flexibility index (Phi) is 7.25. The fourth-order valence-corrected chi connectivity index (χ4v) is 6.87. The van der Waals surface area contributed by atoms with Gasteiger partial charge in [-0.25, -0.2) is 9.97 Å². The Labute approximate surface area is 288 Å². The number of allylic oxidation sites excluding steroid dienone is 3. The number of fused-ring (bicyclic) bond motifs is 8. The number of hydrogen-bond donors (Lipinski definition) is 3. The minimum Gasteiger partial charge on any atom is -0.354 e. The topological polar surface area (TPSA) is 86.5 Å². The molecule has 0 radical (unpaired) electrons. The van der Waals surface area contributed by atoms with Crippen LogP contribution in [0.2, 0.25) is 0 Å². The van der Waals surface area contributed by atoms with Gasteiger partial charge in [-0.15, -0.1) is 0 Å². The highest BCUT2D eigenvalue weighted by molar-refractivity contribution is 6.09. The lowest BCUT2D eigenvalue weighted by Crippen LogP contribution is -2.14. The molecule has 1 aliphatic carbocycles. The van der Waals surface area contributed by atoms with Gasteiger partial charge in [-0.05, 0) is 71.7 Å². The number of hydrogen-bond acceptors (Lipinski definition) is 3. The van der Waals surface area contributed by atoms with Crippen LogP contribution in [-0.2, 0) is 4.79 Å². The Morgan fingerprint density at radius 1 is 0.520 bits per heavy atom. The van der Waals surface area contributed by atoms with E-state index in [9.17, 15) is 4.79 Å². The van der Waals surface area contributed by atoms with Gasteiger partial charge in [-0.2, -0.15) is 0 Å². The van der Waals surface area contributed by atoms with Crippen LogP contribution in [0.1, 0.15) is 29.2 Å². The van der Waals surface area contributed by atoms with Crippen LogP contribution >= 0.6 is 0 Å². The van der Waals surface area contributed by atoms with Gasteiger partial charge in [-0.1, -0.05) is 109 Å². The Morgan fingerprint density at radius 2 is 0.940 bits per heavy atom. The average molecular weight is 646 g/mol. The molecule has 0 saturated carbocycles. The van der Waals surface area contributed by atoms with Crippen LogP contribution in [0.25, 0.3) is 79.8 Å². The van der Waals surface area contributed by atoms with Gasteiger partial charge in [0.2, 0.25) is 0 Å². The van der Waals surface area contributed by atoms with Gasteiger partial charge in [0.15, 0.2) is 0 Å². The third-order valence-electron chi connectivity index (χ3n) is 9.24. The van der Waals surface area contributed by atoms with Gasteiger partial charge in [-0.3, -0.25) is 4.79 Å². The fraction of sp³-hybridized carbons (Fsp3) is 0.0227. The SMILES string of the molecule is O=C(Nc1c2nc(c(-c3ccccc3)c3ccc([nH]3)c(-c3ccccc3)c3nc(c(-c4ccccc4)c4ccc1[nH]4)C=C3)C=C2)C1=CC=CC1. The zero-order valence-corrected chi connectivity index (χ0v) is 27.0. The summed E-state index contributed by atoms with van der Waals surface area (Å²) in [6.07, 6.45) is 14.5. The van der Waals surface area contributed by atoms with E-state index in [1.807, 2.05) is 78.9 Å². The van der Waals surface area contributed by atoms with Crippen molar-refractivity contribution in [2.24, 2.45) is 0 Å². The standard InChI is InChI=1S/C44H31N5O/c50-44(31-18-10-11-19-31)49-43-38-26-24-36(47-38)41(29-14-6-2-7-15-29)34-22-20-32(45-34)40(28-12-4-1-5-13-28)33-21-23-35(46-33)42(30-16-8-3-9-17-30)37-25-27-39(43)48-37/h1-18,20-27,45,48H,19H2,(H,49,50). The first-order chi connectivity index (χ1) is 24.7. The average Bonchev–Trinajstić information content (AvgIpc) is 4.01. The third-order valence-corrected chi connectivity index (χ3v) is 9.24. The monoisotopic (exact) mass is 645 g/mol. The number of carbonyl (C=O) groups excluding carboxylic acids is 1. The lowest BCUT2D eigenvalue weighted by Gasteiger charge is -2.08. The minimum absolute atomic E-state index is 0.153. The molecule has 6 aromatic rings. The van der Waals surface area contributed by atoms with Crippen molar-refractivity contribution in [3.05, 3.63) is 162 Å². The third kappa shape index (κ3) is 5.29. The summed E-state index contributed by atoms with van der Waals surface area (Å²) in [5.41, 5.74) is 14.0. The maximum Gasteiger partial charge on any atom is 0.252 e. The van der Waals surface area contributed by atoms with E-state index < -0.39 is 0 Å². The molecule has 9 rings (SSSR count). The van der Waals surface area contributed by atoms with Gasteiger partial charge in [0.05, 0.1) is 34.0 Å². The van der Waals surface area contributed by atoms with Crippen LogP contribution in [0.15, 0.2) is 139 Å². The highest BCUT2D eigenvalue weighted by Crippen LogP contribution is 2.37. The van der Waals surface area contributed by atoms with Gasteiger partial charge < -0.3 is 15.3 Å². The second-order valence-electron chi connectivity index (χ2n) is 12.4. The van der Waals surface area contributed by atoms with Crippen LogP contribution < -0.4 is 5.32 Å². The van der Waals surface area contributed by atoms with Gasteiger partial charge in [0, 0.05) is 38.8 Å². The Bertz CT molecular complexity index is 2550. The first-order valence-electron chi connectivity index (χ1n) is 16.7. The number of amides is 1. The molecule has 50 heavy (non-hydrogen) atoms. The summed E-state index contributed by atoms with van der Waals surface area (Å²) in [6.45, 7) is 0. The van der Waals surface area contributed by atoms with Crippen molar-refractivity contribution in [1.29, 1.82) is 0 Å². The molecule has 0 fully saturated rings. The number of rotatable bonds is 5. The first-order valence-corrected chi connectivity index (χ1v) is 16.7. The molecule has 0 atom stereocenters. The number of aromatic amines is 2. The minimum atomic E-state index is -0.153. The second kappa shape index (κ2) is 12.3. The maximum absolute atomic E-state index is 13.6. The number of aromatic nitrogens is 4. The molecule has 0 spiro atoms. The van der Waals surface area contributed by atoms with Crippen LogP contribution in [0, 0.1) is 0 Å². The van der Waals surface area contributed by atoms with E-state index in [0.717, 1.165) is 72.5 Å². The van der Waals surface area contributed by atoms with Crippen molar-refractivity contribution >= 4 is 58.0 Å². The highest BCUT2D eigenvalue weighted by atomic mass is 16.1. The molecule has 1 amide bonds. The zero-order chi connectivity index (χ0) is 33.4. The van der Waals surface area contributed by atoms with E-state index >= 15 is 0 Å². The van der Waals surface area contributed by atoms with Crippen LogP contribution in [-0.4, -0.2) is 25.8 Å². The summed E-state index contributed by atoms with van der Waals surface area (Å²) in [4.78, 5) is 31.5. The van der Waals surface area contributed by atoms with Crippen LogP contribution in [0.4, 0.5) is 5.69 Å². The summed E-state index contributed by atoms with van der Waals surface area (Å²) < 4.78 is 0. The summed E-state index contributed by atoms with van der Waals surface area (Å²) in [5.74, 6) is -0.153. The van der Waals surface area contributed by atoms with Crippen LogP contribution in [0.5, 0.6) is 0 Å². The van der Waals surface area contributed by atoms with Gasteiger partial charge >= 0.3 is 0 Å². The molecule has 2 aliphatic heterocycles. The summed E-state index contributed by atoms with van der Waals surface area (Å²) in [7, 11) is 0. The zero-order valence-electron chi connectivity index (χ0n) is 27.0. The molecule has 6 nitrogen and oxygen atoms in total. The van der Waals surface area contributed by atoms with Crippen molar-refractivity contribution in [3.63, 3.8) is 0 Å². The van der Waals surface area contributed by atoms with E-state index in [1.165, 1.54) is 0 Å². The number of carbonyl (C=O) groups is 1. The molecular weight excluding hydrogens is 615 g/mol. The molecule has 6 heteroatoms. The van der Waals surface area contributed by atoms with E-state index in [2.05, 4.69) is 94.2 Å². The predicted octanol–water partition coefficient (Wildman–Crippen LogP) is 10.5. The predicted molar refractivity (Wildman–Crippen MR) is 206 cm³/mol. The molecule has 3 aromatic heterocycles. The molecule has 3 aromatic carbocycles. The molecular formula is C44H31N5O. The molecule has 8 bridgehead atoms. The number of anilines is 1. The van der Waals surface area contributed by atoms with Crippen molar-refractivity contribution in [1.82, 2.24) is 19.9 Å².